The van der Waals surface area contributed by atoms with Gasteiger partial charge in [-0.25, -0.2) is 0 Å². The molecular weight excluding hydrogens is 418 g/mol. The number of carbonyl (C=O) groups is 1. The van der Waals surface area contributed by atoms with Crippen LogP contribution >= 0.6 is 11.6 Å². The van der Waals surface area contributed by atoms with Gasteiger partial charge in [0.15, 0.2) is 5.78 Å². The van der Waals surface area contributed by atoms with Gasteiger partial charge in [0.05, 0.1) is 16.7 Å². The van der Waals surface area contributed by atoms with E-state index in [0.717, 1.165) is 47.0 Å². The maximum atomic E-state index is 13.6. The fourth-order valence-electron chi connectivity index (χ4n) is 8.37. The molecule has 0 aliphatic heterocycles. The van der Waals surface area contributed by atoms with Gasteiger partial charge in [-0.3, -0.25) is 14.5 Å². The first-order chi connectivity index (χ1) is 15.5. The number of Topliss-reactive ketones (excluding diaryl/α,β-unsaturated/α-hetero) is 1. The number of hydrogen-bond acceptors (Lipinski definition) is 3. The molecule has 0 radical (unpaired) electrons. The largest absolute Gasteiger partial charge is 0.297 e. The summed E-state index contributed by atoms with van der Waals surface area (Å²) >= 11 is 6.16. The first kappa shape index (κ1) is 22.4. The average molecular weight is 456 g/mol. The molecule has 0 spiro atoms. The first-order valence-electron chi connectivity index (χ1n) is 13.0. The second-order valence-corrected chi connectivity index (χ2v) is 11.6. The summed E-state index contributed by atoms with van der Waals surface area (Å²) in [5.74, 6) is 4.80. The lowest BCUT2D eigenvalue weighted by molar-refractivity contribution is -0.130. The standard InChI is InChI=1S/C27H38ClN3O/c1-4-6-19-17(5-2)7-8-21-20(19)11-12-27(3)22(21)9-10-23(27)26(32)16-31-25-13-18(28)14-29-24(25)15-30-31/h13-15,17,19-23H,4-12,16H2,1-3H3. The third-order valence-electron chi connectivity index (χ3n) is 9.82. The molecule has 4 nitrogen and oxygen atoms in total. The van der Waals surface area contributed by atoms with E-state index in [1.54, 1.807) is 12.4 Å². The van der Waals surface area contributed by atoms with Crippen molar-refractivity contribution in [3.8, 4) is 0 Å². The zero-order valence-corrected chi connectivity index (χ0v) is 20.7. The van der Waals surface area contributed by atoms with Crippen molar-refractivity contribution in [1.29, 1.82) is 0 Å². The number of nitrogens with zero attached hydrogens (tertiary/aromatic N) is 3. The molecule has 5 rings (SSSR count). The Morgan fingerprint density at radius 2 is 2.00 bits per heavy atom. The van der Waals surface area contributed by atoms with E-state index in [1.165, 1.54) is 51.4 Å². The van der Waals surface area contributed by atoms with E-state index >= 15 is 0 Å². The Balaban J connectivity index is 1.35. The van der Waals surface area contributed by atoms with Crippen molar-refractivity contribution in [1.82, 2.24) is 14.8 Å². The van der Waals surface area contributed by atoms with Crippen molar-refractivity contribution in [2.45, 2.75) is 85.1 Å². The number of fused-ring (bicyclic) bond motifs is 4. The summed E-state index contributed by atoms with van der Waals surface area (Å²) in [5.41, 5.74) is 1.81. The average Bonchev–Trinajstić information content (AvgIpc) is 3.34. The van der Waals surface area contributed by atoms with Crippen molar-refractivity contribution in [2.24, 2.45) is 40.9 Å². The molecular formula is C27H38ClN3O. The number of ketones is 1. The van der Waals surface area contributed by atoms with Gasteiger partial charge < -0.3 is 0 Å². The van der Waals surface area contributed by atoms with Crippen LogP contribution in [0.2, 0.25) is 5.02 Å². The Labute approximate surface area is 197 Å². The number of hydrogen-bond donors (Lipinski definition) is 0. The van der Waals surface area contributed by atoms with Gasteiger partial charge in [-0.05, 0) is 79.6 Å². The van der Waals surface area contributed by atoms with E-state index in [0.29, 0.717) is 17.4 Å². The topological polar surface area (TPSA) is 47.8 Å². The summed E-state index contributed by atoms with van der Waals surface area (Å²) in [6.45, 7) is 7.54. The predicted octanol–water partition coefficient (Wildman–Crippen LogP) is 6.95. The van der Waals surface area contributed by atoms with Gasteiger partial charge >= 0.3 is 0 Å². The Hall–Kier alpha value is -1.42. The van der Waals surface area contributed by atoms with E-state index in [4.69, 9.17) is 11.6 Å². The Morgan fingerprint density at radius 1 is 1.16 bits per heavy atom. The van der Waals surface area contributed by atoms with Gasteiger partial charge in [-0.15, -0.1) is 0 Å². The van der Waals surface area contributed by atoms with Crippen LogP contribution in [0.15, 0.2) is 18.5 Å². The van der Waals surface area contributed by atoms with E-state index in [1.807, 2.05) is 10.7 Å². The minimum atomic E-state index is 0.160. The lowest BCUT2D eigenvalue weighted by Crippen LogP contribution is -2.48. The first-order valence-corrected chi connectivity index (χ1v) is 13.3. The van der Waals surface area contributed by atoms with Crippen molar-refractivity contribution in [2.75, 3.05) is 0 Å². The molecule has 7 atom stereocenters. The Kier molecular flexibility index (Phi) is 6.11. The molecule has 3 fully saturated rings. The van der Waals surface area contributed by atoms with Gasteiger partial charge in [0.1, 0.15) is 12.1 Å². The molecule has 0 amide bonds. The predicted molar refractivity (Wildman–Crippen MR) is 129 cm³/mol. The van der Waals surface area contributed by atoms with E-state index in [9.17, 15) is 4.79 Å². The number of carbonyl (C=O) groups excluding carboxylic acids is 1. The molecule has 7 unspecified atom stereocenters. The number of halogens is 1. The maximum absolute atomic E-state index is 13.6. The van der Waals surface area contributed by atoms with Crippen LogP contribution in [0.3, 0.4) is 0 Å². The van der Waals surface area contributed by atoms with Crippen LogP contribution in [0.4, 0.5) is 0 Å². The Morgan fingerprint density at radius 3 is 2.78 bits per heavy atom. The monoisotopic (exact) mass is 455 g/mol. The van der Waals surface area contributed by atoms with E-state index in [-0.39, 0.29) is 11.3 Å². The minimum Gasteiger partial charge on any atom is -0.297 e. The minimum absolute atomic E-state index is 0.160. The highest BCUT2D eigenvalue weighted by molar-refractivity contribution is 6.31. The molecule has 2 heterocycles. The highest BCUT2D eigenvalue weighted by Gasteiger charge is 2.57. The molecule has 0 saturated heterocycles. The smallest absolute Gasteiger partial charge is 0.157 e. The lowest BCUT2D eigenvalue weighted by Gasteiger charge is -2.54. The molecule has 32 heavy (non-hydrogen) atoms. The van der Waals surface area contributed by atoms with Gasteiger partial charge in [0, 0.05) is 12.1 Å². The van der Waals surface area contributed by atoms with Crippen LogP contribution in [-0.4, -0.2) is 20.5 Å². The molecule has 0 N–H and O–H groups in total. The molecule has 5 heteroatoms. The molecule has 0 bridgehead atoms. The summed E-state index contributed by atoms with van der Waals surface area (Å²) in [6.07, 6.45) is 15.0. The van der Waals surface area contributed by atoms with Crippen molar-refractivity contribution in [3.05, 3.63) is 23.5 Å². The van der Waals surface area contributed by atoms with Gasteiger partial charge in [-0.2, -0.15) is 5.10 Å². The quantitative estimate of drug-likeness (QED) is 0.473. The van der Waals surface area contributed by atoms with Crippen molar-refractivity contribution in [3.63, 3.8) is 0 Å². The summed E-state index contributed by atoms with van der Waals surface area (Å²) in [6, 6.07) is 1.87. The molecule has 3 aliphatic carbocycles. The number of aromatic nitrogens is 3. The summed E-state index contributed by atoms with van der Waals surface area (Å²) in [4.78, 5) is 18.0. The Bertz CT molecular complexity index is 986. The summed E-state index contributed by atoms with van der Waals surface area (Å²) in [5, 5.41) is 5.05. The fourth-order valence-corrected chi connectivity index (χ4v) is 8.52. The van der Waals surface area contributed by atoms with Crippen LogP contribution in [0, 0.1) is 40.9 Å². The highest BCUT2D eigenvalue weighted by atomic mass is 35.5. The van der Waals surface area contributed by atoms with Crippen LogP contribution in [0.5, 0.6) is 0 Å². The molecule has 0 aromatic carbocycles. The molecule has 3 aliphatic rings. The lowest BCUT2D eigenvalue weighted by atomic mass is 9.50. The van der Waals surface area contributed by atoms with Gasteiger partial charge in [0.2, 0.25) is 0 Å². The third-order valence-corrected chi connectivity index (χ3v) is 10.0. The second kappa shape index (κ2) is 8.74. The molecule has 2 aromatic rings. The zero-order valence-electron chi connectivity index (χ0n) is 19.9. The van der Waals surface area contributed by atoms with E-state index < -0.39 is 0 Å². The van der Waals surface area contributed by atoms with Crippen LogP contribution < -0.4 is 0 Å². The summed E-state index contributed by atoms with van der Waals surface area (Å²) < 4.78 is 1.81. The fraction of sp³-hybridized carbons (Fsp3) is 0.741. The van der Waals surface area contributed by atoms with Crippen LogP contribution in [0.1, 0.15) is 78.6 Å². The third kappa shape index (κ3) is 3.61. The molecule has 3 saturated carbocycles. The SMILES string of the molecule is CCCC1C(CC)CCC2C1CCC1(C)C(C(=O)Cn3ncc4ncc(Cl)cc43)CCC21. The van der Waals surface area contributed by atoms with Crippen molar-refractivity contribution >= 4 is 28.4 Å². The van der Waals surface area contributed by atoms with Crippen molar-refractivity contribution < 1.29 is 4.79 Å². The van der Waals surface area contributed by atoms with Gasteiger partial charge in [0.25, 0.3) is 0 Å². The summed E-state index contributed by atoms with van der Waals surface area (Å²) in [7, 11) is 0. The number of rotatable bonds is 6. The zero-order chi connectivity index (χ0) is 22.5. The van der Waals surface area contributed by atoms with E-state index in [2.05, 4.69) is 30.9 Å². The van der Waals surface area contributed by atoms with Gasteiger partial charge in [-0.1, -0.05) is 51.6 Å². The molecule has 174 valence electrons. The second-order valence-electron chi connectivity index (χ2n) is 11.1. The van der Waals surface area contributed by atoms with Crippen LogP contribution in [0.25, 0.3) is 11.0 Å². The normalized spacial score (nSPS) is 36.8. The van der Waals surface area contributed by atoms with Crippen LogP contribution in [-0.2, 0) is 11.3 Å². The molecule has 2 aromatic heterocycles. The number of pyridine rings is 1. The maximum Gasteiger partial charge on any atom is 0.157 e. The highest BCUT2D eigenvalue weighted by Crippen LogP contribution is 2.63.